The van der Waals surface area contributed by atoms with Gasteiger partial charge in [0.05, 0.1) is 18.6 Å². The SMILES string of the molecule is C[C@H]1CN(CC2CCN(C(=O)Cc3ccsc3)CC2)C[C@H](C)O1. The molecule has 0 unspecified atom stereocenters. The van der Waals surface area contributed by atoms with Crippen LogP contribution in [0.25, 0.3) is 0 Å². The van der Waals surface area contributed by atoms with Gasteiger partial charge in [0, 0.05) is 32.7 Å². The van der Waals surface area contributed by atoms with Crippen LogP contribution in [-0.4, -0.2) is 60.6 Å². The average Bonchev–Trinajstić information content (AvgIpc) is 3.00. The van der Waals surface area contributed by atoms with Gasteiger partial charge in [-0.15, -0.1) is 0 Å². The lowest BCUT2D eigenvalue weighted by Gasteiger charge is -2.39. The smallest absolute Gasteiger partial charge is 0.227 e. The summed E-state index contributed by atoms with van der Waals surface area (Å²) >= 11 is 1.66. The second kappa shape index (κ2) is 7.77. The predicted molar refractivity (Wildman–Crippen MR) is 93.8 cm³/mol. The van der Waals surface area contributed by atoms with Gasteiger partial charge in [-0.2, -0.15) is 11.3 Å². The summed E-state index contributed by atoms with van der Waals surface area (Å²) in [5.74, 6) is 1.01. The number of hydrogen-bond acceptors (Lipinski definition) is 4. The second-order valence-corrected chi connectivity index (χ2v) is 7.89. The van der Waals surface area contributed by atoms with Crippen molar-refractivity contribution in [2.24, 2.45) is 5.92 Å². The van der Waals surface area contributed by atoms with Gasteiger partial charge in [-0.05, 0) is 55.0 Å². The lowest BCUT2D eigenvalue weighted by atomic mass is 9.95. The number of piperidine rings is 1. The van der Waals surface area contributed by atoms with E-state index in [4.69, 9.17) is 4.74 Å². The van der Waals surface area contributed by atoms with Crippen LogP contribution in [0.3, 0.4) is 0 Å². The Hall–Kier alpha value is -0.910. The van der Waals surface area contributed by atoms with E-state index in [0.717, 1.165) is 57.0 Å². The summed E-state index contributed by atoms with van der Waals surface area (Å²) in [7, 11) is 0. The Labute approximate surface area is 143 Å². The molecule has 0 N–H and O–H groups in total. The molecule has 0 aromatic carbocycles. The molecule has 2 aliphatic heterocycles. The number of hydrogen-bond donors (Lipinski definition) is 0. The van der Waals surface area contributed by atoms with Crippen LogP contribution in [0.4, 0.5) is 0 Å². The van der Waals surface area contributed by atoms with Crippen LogP contribution < -0.4 is 0 Å². The summed E-state index contributed by atoms with van der Waals surface area (Å²) in [6.07, 6.45) is 3.51. The lowest BCUT2D eigenvalue weighted by molar-refractivity contribution is -0.132. The van der Waals surface area contributed by atoms with Crippen molar-refractivity contribution in [3.63, 3.8) is 0 Å². The molecule has 128 valence electrons. The minimum Gasteiger partial charge on any atom is -0.373 e. The highest BCUT2D eigenvalue weighted by atomic mass is 32.1. The Morgan fingerprint density at radius 2 is 1.96 bits per heavy atom. The number of rotatable bonds is 4. The summed E-state index contributed by atoms with van der Waals surface area (Å²) in [5, 5.41) is 4.12. The van der Waals surface area contributed by atoms with E-state index in [-0.39, 0.29) is 5.91 Å². The summed E-state index contributed by atoms with van der Waals surface area (Å²) in [4.78, 5) is 17.0. The summed E-state index contributed by atoms with van der Waals surface area (Å²) < 4.78 is 5.81. The fraction of sp³-hybridized carbons (Fsp3) is 0.722. The minimum atomic E-state index is 0.287. The van der Waals surface area contributed by atoms with Gasteiger partial charge in [0.15, 0.2) is 0 Å². The van der Waals surface area contributed by atoms with E-state index in [9.17, 15) is 4.79 Å². The van der Waals surface area contributed by atoms with Crippen LogP contribution in [-0.2, 0) is 16.0 Å². The number of nitrogens with zero attached hydrogens (tertiary/aromatic N) is 2. The van der Waals surface area contributed by atoms with Crippen molar-refractivity contribution in [1.29, 1.82) is 0 Å². The number of ether oxygens (including phenoxy) is 1. The first-order valence-corrected chi connectivity index (χ1v) is 9.71. The van der Waals surface area contributed by atoms with Gasteiger partial charge in [-0.1, -0.05) is 0 Å². The van der Waals surface area contributed by atoms with Crippen molar-refractivity contribution >= 4 is 17.2 Å². The van der Waals surface area contributed by atoms with Crippen LogP contribution in [0, 0.1) is 5.92 Å². The summed E-state index contributed by atoms with van der Waals surface area (Å²) in [6, 6.07) is 2.05. The van der Waals surface area contributed by atoms with Gasteiger partial charge >= 0.3 is 0 Å². The molecule has 3 heterocycles. The molecule has 0 radical (unpaired) electrons. The molecule has 2 aliphatic rings. The van der Waals surface area contributed by atoms with E-state index >= 15 is 0 Å². The fourth-order valence-electron chi connectivity index (χ4n) is 3.84. The zero-order chi connectivity index (χ0) is 16.2. The topological polar surface area (TPSA) is 32.8 Å². The monoisotopic (exact) mass is 336 g/mol. The molecular formula is C18H28N2O2S. The maximum atomic E-state index is 12.4. The van der Waals surface area contributed by atoms with Gasteiger partial charge in [0.2, 0.25) is 5.91 Å². The third kappa shape index (κ3) is 4.78. The first kappa shape index (κ1) is 16.9. The second-order valence-electron chi connectivity index (χ2n) is 7.11. The van der Waals surface area contributed by atoms with Crippen LogP contribution in [0.1, 0.15) is 32.3 Å². The maximum absolute atomic E-state index is 12.4. The summed E-state index contributed by atoms with van der Waals surface area (Å²) in [6.45, 7) is 9.41. The van der Waals surface area contributed by atoms with Gasteiger partial charge in [0.1, 0.15) is 0 Å². The minimum absolute atomic E-state index is 0.287. The molecule has 1 amide bonds. The number of likely N-dealkylation sites (tertiary alicyclic amines) is 1. The molecule has 0 saturated carbocycles. The van der Waals surface area contributed by atoms with Crippen LogP contribution in [0.2, 0.25) is 0 Å². The first-order valence-electron chi connectivity index (χ1n) is 8.77. The highest BCUT2D eigenvalue weighted by Gasteiger charge is 2.27. The summed E-state index contributed by atoms with van der Waals surface area (Å²) in [5.41, 5.74) is 1.15. The van der Waals surface area contributed by atoms with Crippen molar-refractivity contribution in [3.8, 4) is 0 Å². The number of thiophene rings is 1. The zero-order valence-electron chi connectivity index (χ0n) is 14.2. The lowest BCUT2D eigenvalue weighted by Crippen LogP contribution is -2.48. The van der Waals surface area contributed by atoms with Crippen LogP contribution in [0.15, 0.2) is 16.8 Å². The molecular weight excluding hydrogens is 308 g/mol. The first-order chi connectivity index (χ1) is 11.1. The molecule has 0 bridgehead atoms. The number of morpholine rings is 1. The van der Waals surface area contributed by atoms with Gasteiger partial charge in [-0.3, -0.25) is 9.69 Å². The van der Waals surface area contributed by atoms with E-state index in [2.05, 4.69) is 35.1 Å². The van der Waals surface area contributed by atoms with E-state index in [1.54, 1.807) is 11.3 Å². The van der Waals surface area contributed by atoms with Gasteiger partial charge < -0.3 is 9.64 Å². The molecule has 4 nitrogen and oxygen atoms in total. The Kier molecular flexibility index (Phi) is 5.72. The van der Waals surface area contributed by atoms with E-state index < -0.39 is 0 Å². The number of carbonyl (C=O) groups excluding carboxylic acids is 1. The average molecular weight is 337 g/mol. The molecule has 0 aliphatic carbocycles. The Morgan fingerprint density at radius 1 is 1.26 bits per heavy atom. The van der Waals surface area contributed by atoms with E-state index in [1.807, 2.05) is 5.38 Å². The Bertz CT molecular complexity index is 487. The molecule has 23 heavy (non-hydrogen) atoms. The highest BCUT2D eigenvalue weighted by molar-refractivity contribution is 7.07. The van der Waals surface area contributed by atoms with E-state index in [1.165, 1.54) is 0 Å². The van der Waals surface area contributed by atoms with Gasteiger partial charge in [-0.25, -0.2) is 0 Å². The molecule has 5 heteroatoms. The molecule has 1 aromatic heterocycles. The molecule has 2 saturated heterocycles. The van der Waals surface area contributed by atoms with Crippen molar-refractivity contribution in [3.05, 3.63) is 22.4 Å². The van der Waals surface area contributed by atoms with Crippen molar-refractivity contribution in [1.82, 2.24) is 9.80 Å². The number of carbonyl (C=O) groups is 1. The largest absolute Gasteiger partial charge is 0.373 e. The Balaban J connectivity index is 1.42. The van der Waals surface area contributed by atoms with Crippen LogP contribution in [0.5, 0.6) is 0 Å². The molecule has 2 atom stereocenters. The Morgan fingerprint density at radius 3 is 2.57 bits per heavy atom. The third-order valence-corrected chi connectivity index (χ3v) is 5.65. The zero-order valence-corrected chi connectivity index (χ0v) is 15.1. The van der Waals surface area contributed by atoms with E-state index in [0.29, 0.717) is 18.6 Å². The van der Waals surface area contributed by atoms with Crippen molar-refractivity contribution in [2.45, 2.75) is 45.3 Å². The normalized spacial score (nSPS) is 27.3. The molecule has 3 rings (SSSR count). The van der Waals surface area contributed by atoms with Crippen molar-refractivity contribution in [2.75, 3.05) is 32.7 Å². The van der Waals surface area contributed by atoms with Crippen LogP contribution >= 0.6 is 11.3 Å². The highest BCUT2D eigenvalue weighted by Crippen LogP contribution is 2.21. The quantitative estimate of drug-likeness (QED) is 0.847. The molecule has 0 spiro atoms. The molecule has 1 aromatic rings. The molecule has 2 fully saturated rings. The third-order valence-electron chi connectivity index (χ3n) is 4.91. The predicted octanol–water partition coefficient (Wildman–Crippen LogP) is 2.64. The van der Waals surface area contributed by atoms with Crippen molar-refractivity contribution < 1.29 is 9.53 Å². The van der Waals surface area contributed by atoms with Gasteiger partial charge in [0.25, 0.3) is 0 Å². The standard InChI is InChI=1S/C18H28N2O2S/c1-14-10-19(11-15(2)22-14)12-16-3-6-20(7-4-16)18(21)9-17-5-8-23-13-17/h5,8,13-16H,3-4,6-7,9-12H2,1-2H3/t14-,15-/m0/s1. The number of amides is 1. The maximum Gasteiger partial charge on any atom is 0.227 e. The fourth-order valence-corrected chi connectivity index (χ4v) is 4.51.